The Kier molecular flexibility index (Phi) is 6.45. The van der Waals surface area contributed by atoms with E-state index < -0.39 is 21.6 Å². The van der Waals surface area contributed by atoms with Gasteiger partial charge in [0.15, 0.2) is 9.84 Å². The molecule has 1 atom stereocenters. The Balaban J connectivity index is 2.50. The van der Waals surface area contributed by atoms with Crippen LogP contribution in [0.15, 0.2) is 0 Å². The molecule has 1 N–H and O–H groups in total. The maximum Gasteiger partial charge on any atom is 0.303 e. The molecule has 1 saturated heterocycles. The standard InChI is InChI=1S/C13H23NO5S/c1-2-8-20(18,19)10-12(15)14-7-3-4-11(9-14)5-6-13(16)17/h11H,2-10H2,1H3,(H,16,17). The number of likely N-dealkylation sites (tertiary alicyclic amines) is 1. The molecule has 0 bridgehead atoms. The molecule has 0 aromatic rings. The van der Waals surface area contributed by atoms with E-state index in [1.807, 2.05) is 0 Å². The van der Waals surface area contributed by atoms with Crippen LogP contribution in [0.3, 0.4) is 0 Å². The number of hydrogen-bond acceptors (Lipinski definition) is 4. The van der Waals surface area contributed by atoms with Gasteiger partial charge in [-0.25, -0.2) is 8.42 Å². The molecule has 0 radical (unpaired) electrons. The molecule has 20 heavy (non-hydrogen) atoms. The lowest BCUT2D eigenvalue weighted by molar-refractivity contribution is -0.137. The smallest absolute Gasteiger partial charge is 0.303 e. The van der Waals surface area contributed by atoms with Crippen LogP contribution < -0.4 is 0 Å². The summed E-state index contributed by atoms with van der Waals surface area (Å²) in [5, 5.41) is 8.67. The number of carbonyl (C=O) groups excluding carboxylic acids is 1. The van der Waals surface area contributed by atoms with Crippen molar-refractivity contribution in [1.82, 2.24) is 4.90 Å². The van der Waals surface area contributed by atoms with E-state index in [2.05, 4.69) is 0 Å². The zero-order valence-electron chi connectivity index (χ0n) is 11.9. The monoisotopic (exact) mass is 305 g/mol. The second kappa shape index (κ2) is 7.61. The number of carboxylic acid groups (broad SMARTS) is 1. The van der Waals surface area contributed by atoms with Crippen molar-refractivity contribution in [2.75, 3.05) is 24.6 Å². The van der Waals surface area contributed by atoms with E-state index >= 15 is 0 Å². The van der Waals surface area contributed by atoms with Crippen molar-refractivity contribution in [3.05, 3.63) is 0 Å². The highest BCUT2D eigenvalue weighted by Gasteiger charge is 2.26. The molecule has 6 nitrogen and oxygen atoms in total. The Morgan fingerprint density at radius 2 is 2.05 bits per heavy atom. The molecule has 1 heterocycles. The fourth-order valence-corrected chi connectivity index (χ4v) is 3.84. The molecule has 1 fully saturated rings. The van der Waals surface area contributed by atoms with E-state index in [1.165, 1.54) is 0 Å². The topological polar surface area (TPSA) is 91.8 Å². The van der Waals surface area contributed by atoms with Gasteiger partial charge in [0, 0.05) is 19.5 Å². The molecule has 0 aliphatic carbocycles. The second-order valence-corrected chi connectivity index (χ2v) is 7.56. The Morgan fingerprint density at radius 3 is 2.65 bits per heavy atom. The second-order valence-electron chi connectivity index (χ2n) is 5.37. The maximum absolute atomic E-state index is 12.0. The lowest BCUT2D eigenvalue weighted by Crippen LogP contribution is -2.43. The highest BCUT2D eigenvalue weighted by Crippen LogP contribution is 2.21. The number of aliphatic carboxylic acids is 1. The van der Waals surface area contributed by atoms with E-state index in [0.29, 0.717) is 25.9 Å². The van der Waals surface area contributed by atoms with Crippen LogP contribution in [-0.4, -0.2) is 54.9 Å². The minimum absolute atomic E-state index is 0.0367. The molecule has 7 heteroatoms. The van der Waals surface area contributed by atoms with Gasteiger partial charge in [0.25, 0.3) is 0 Å². The van der Waals surface area contributed by atoms with Crippen molar-refractivity contribution >= 4 is 21.7 Å². The van der Waals surface area contributed by atoms with Crippen LogP contribution in [0.2, 0.25) is 0 Å². The van der Waals surface area contributed by atoms with Gasteiger partial charge >= 0.3 is 5.97 Å². The molecule has 116 valence electrons. The van der Waals surface area contributed by atoms with Crippen LogP contribution in [0, 0.1) is 5.92 Å². The summed E-state index contributed by atoms with van der Waals surface area (Å²) in [4.78, 5) is 24.1. The van der Waals surface area contributed by atoms with Gasteiger partial charge in [0.1, 0.15) is 5.75 Å². The zero-order chi connectivity index (χ0) is 15.2. The number of sulfone groups is 1. The average molecular weight is 305 g/mol. The molecular weight excluding hydrogens is 282 g/mol. The predicted molar refractivity (Wildman–Crippen MR) is 75.1 cm³/mol. The van der Waals surface area contributed by atoms with Gasteiger partial charge in [-0.05, 0) is 31.6 Å². The average Bonchev–Trinajstić information content (AvgIpc) is 2.36. The van der Waals surface area contributed by atoms with Crippen molar-refractivity contribution < 1.29 is 23.1 Å². The Labute approximate surface area is 120 Å². The molecule has 1 aliphatic rings. The van der Waals surface area contributed by atoms with Crippen LogP contribution >= 0.6 is 0 Å². The van der Waals surface area contributed by atoms with Crippen molar-refractivity contribution in [3.8, 4) is 0 Å². The summed E-state index contributed by atoms with van der Waals surface area (Å²) in [6, 6.07) is 0. The summed E-state index contributed by atoms with van der Waals surface area (Å²) in [5.74, 6) is -1.41. The molecule has 0 spiro atoms. The third-order valence-electron chi connectivity index (χ3n) is 3.50. The summed E-state index contributed by atoms with van der Waals surface area (Å²) in [5.41, 5.74) is 0. The normalized spacial score (nSPS) is 19.9. The van der Waals surface area contributed by atoms with Crippen LogP contribution in [-0.2, 0) is 19.4 Å². The summed E-state index contributed by atoms with van der Waals surface area (Å²) in [6.07, 6.45) is 2.86. The lowest BCUT2D eigenvalue weighted by Gasteiger charge is -2.32. The van der Waals surface area contributed by atoms with E-state index in [0.717, 1.165) is 12.8 Å². The highest BCUT2D eigenvalue weighted by atomic mass is 32.2. The number of hydrogen-bond donors (Lipinski definition) is 1. The molecule has 0 aromatic carbocycles. The lowest BCUT2D eigenvalue weighted by atomic mass is 9.93. The first kappa shape index (κ1) is 16.9. The molecule has 1 unspecified atom stereocenters. The predicted octanol–water partition coefficient (Wildman–Crippen LogP) is 0.915. The zero-order valence-corrected chi connectivity index (χ0v) is 12.7. The first-order valence-corrected chi connectivity index (χ1v) is 8.86. The number of amides is 1. The third-order valence-corrected chi connectivity index (χ3v) is 5.21. The van der Waals surface area contributed by atoms with Gasteiger partial charge in [-0.2, -0.15) is 0 Å². The van der Waals surface area contributed by atoms with E-state index in [9.17, 15) is 18.0 Å². The summed E-state index contributed by atoms with van der Waals surface area (Å²) in [7, 11) is -3.31. The molecular formula is C13H23NO5S. The van der Waals surface area contributed by atoms with Crippen molar-refractivity contribution in [3.63, 3.8) is 0 Å². The van der Waals surface area contributed by atoms with Gasteiger partial charge in [0.05, 0.1) is 5.75 Å². The van der Waals surface area contributed by atoms with Crippen molar-refractivity contribution in [1.29, 1.82) is 0 Å². The highest BCUT2D eigenvalue weighted by molar-refractivity contribution is 7.92. The maximum atomic E-state index is 12.0. The number of rotatable bonds is 7. The van der Waals surface area contributed by atoms with E-state index in [-0.39, 0.29) is 24.0 Å². The summed E-state index contributed by atoms with van der Waals surface area (Å²) >= 11 is 0. The van der Waals surface area contributed by atoms with Gasteiger partial charge in [-0.1, -0.05) is 6.92 Å². The molecule has 1 aliphatic heterocycles. The fourth-order valence-electron chi connectivity index (χ4n) is 2.52. The number of nitrogens with zero attached hydrogens (tertiary/aromatic N) is 1. The first-order chi connectivity index (χ1) is 9.34. The molecule has 1 amide bonds. The number of piperidine rings is 1. The molecule has 1 rings (SSSR count). The fraction of sp³-hybridized carbons (Fsp3) is 0.846. The van der Waals surface area contributed by atoms with Crippen LogP contribution in [0.4, 0.5) is 0 Å². The van der Waals surface area contributed by atoms with Crippen molar-refractivity contribution in [2.45, 2.75) is 39.0 Å². The Hall–Kier alpha value is -1.11. The minimum Gasteiger partial charge on any atom is -0.481 e. The van der Waals surface area contributed by atoms with Gasteiger partial charge in [-0.15, -0.1) is 0 Å². The SMILES string of the molecule is CCCS(=O)(=O)CC(=O)N1CCCC(CCC(=O)O)C1. The van der Waals surface area contributed by atoms with Crippen LogP contribution in [0.1, 0.15) is 39.0 Å². The van der Waals surface area contributed by atoms with Gasteiger partial charge < -0.3 is 10.0 Å². The number of carboxylic acids is 1. The Morgan fingerprint density at radius 1 is 1.35 bits per heavy atom. The summed E-state index contributed by atoms with van der Waals surface area (Å²) in [6.45, 7) is 2.82. The molecule has 0 aromatic heterocycles. The summed E-state index contributed by atoms with van der Waals surface area (Å²) < 4.78 is 23.3. The molecule has 0 saturated carbocycles. The first-order valence-electron chi connectivity index (χ1n) is 7.04. The van der Waals surface area contributed by atoms with E-state index in [4.69, 9.17) is 5.11 Å². The van der Waals surface area contributed by atoms with Gasteiger partial charge in [-0.3, -0.25) is 9.59 Å². The van der Waals surface area contributed by atoms with Crippen molar-refractivity contribution in [2.24, 2.45) is 5.92 Å². The van der Waals surface area contributed by atoms with E-state index in [1.54, 1.807) is 11.8 Å². The minimum atomic E-state index is -3.31. The largest absolute Gasteiger partial charge is 0.481 e. The Bertz CT molecular complexity index is 446. The third kappa shape index (κ3) is 5.90. The van der Waals surface area contributed by atoms with Crippen LogP contribution in [0.25, 0.3) is 0 Å². The van der Waals surface area contributed by atoms with Crippen LogP contribution in [0.5, 0.6) is 0 Å². The quantitative estimate of drug-likeness (QED) is 0.755. The van der Waals surface area contributed by atoms with Gasteiger partial charge in [0.2, 0.25) is 5.91 Å². The number of carbonyl (C=O) groups is 2.